The molecule has 0 aliphatic carbocycles. The second-order valence-corrected chi connectivity index (χ2v) is 3.62. The Hall–Kier alpha value is -2.10. The highest BCUT2D eigenvalue weighted by Crippen LogP contribution is 2.20. The molecule has 0 amide bonds. The maximum absolute atomic E-state index is 5.71. The fraction of sp³-hybridized carbons (Fsp3) is 0.167. The third-order valence-electron chi connectivity index (χ3n) is 2.32. The molecule has 0 saturated carbocycles. The maximum Gasteiger partial charge on any atom is 0.224 e. The summed E-state index contributed by atoms with van der Waals surface area (Å²) in [7, 11) is 1.77. The molecule has 0 unspecified atom stereocenters. The van der Waals surface area contributed by atoms with Gasteiger partial charge in [0.2, 0.25) is 5.95 Å². The van der Waals surface area contributed by atoms with Crippen LogP contribution < -0.4 is 11.1 Å². The lowest BCUT2D eigenvalue weighted by atomic mass is 10.1. The molecule has 0 saturated heterocycles. The zero-order valence-corrected chi connectivity index (χ0v) is 9.36. The summed E-state index contributed by atoms with van der Waals surface area (Å²) in [6.45, 7) is 2.05. The van der Waals surface area contributed by atoms with Gasteiger partial charge in [-0.1, -0.05) is 29.8 Å². The van der Waals surface area contributed by atoms with Gasteiger partial charge in [0.05, 0.1) is 5.69 Å². The molecular weight excluding hydrogens is 200 g/mol. The van der Waals surface area contributed by atoms with Crippen LogP contribution in [0.5, 0.6) is 0 Å². The van der Waals surface area contributed by atoms with Crippen molar-refractivity contribution in [3.63, 3.8) is 0 Å². The Bertz CT molecular complexity index is 491. The van der Waals surface area contributed by atoms with E-state index >= 15 is 0 Å². The number of rotatable bonds is 2. The minimum atomic E-state index is 0.468. The summed E-state index contributed by atoms with van der Waals surface area (Å²) >= 11 is 0. The van der Waals surface area contributed by atoms with Gasteiger partial charge in [0.15, 0.2) is 0 Å². The molecule has 16 heavy (non-hydrogen) atoms. The van der Waals surface area contributed by atoms with Crippen LogP contribution in [-0.2, 0) is 0 Å². The average Bonchev–Trinajstić information content (AvgIpc) is 2.29. The highest BCUT2D eigenvalue weighted by atomic mass is 15.1. The Kier molecular flexibility index (Phi) is 2.72. The van der Waals surface area contributed by atoms with Gasteiger partial charge in [0.1, 0.15) is 5.82 Å². The molecule has 0 radical (unpaired) electrons. The summed E-state index contributed by atoms with van der Waals surface area (Å²) in [6, 6.07) is 9.91. The van der Waals surface area contributed by atoms with E-state index in [0.717, 1.165) is 11.3 Å². The van der Waals surface area contributed by atoms with Crippen LogP contribution in [-0.4, -0.2) is 17.0 Å². The molecule has 4 nitrogen and oxygen atoms in total. The van der Waals surface area contributed by atoms with Gasteiger partial charge in [-0.2, -0.15) is 4.98 Å². The summed E-state index contributed by atoms with van der Waals surface area (Å²) in [5.41, 5.74) is 8.80. The third kappa shape index (κ3) is 2.11. The Morgan fingerprint density at radius 3 is 2.44 bits per heavy atom. The number of hydrogen-bond acceptors (Lipinski definition) is 4. The van der Waals surface area contributed by atoms with E-state index in [1.54, 1.807) is 13.1 Å². The summed E-state index contributed by atoms with van der Waals surface area (Å²) in [4.78, 5) is 8.40. The van der Waals surface area contributed by atoms with Crippen LogP contribution in [0.25, 0.3) is 11.3 Å². The summed E-state index contributed by atoms with van der Waals surface area (Å²) in [6.07, 6.45) is 0. The molecule has 1 heterocycles. The molecule has 0 atom stereocenters. The minimum absolute atomic E-state index is 0.468. The van der Waals surface area contributed by atoms with Crippen molar-refractivity contribution in [1.29, 1.82) is 0 Å². The van der Waals surface area contributed by atoms with Crippen molar-refractivity contribution in [2.24, 2.45) is 0 Å². The monoisotopic (exact) mass is 214 g/mol. The highest BCUT2D eigenvalue weighted by Gasteiger charge is 2.03. The molecule has 4 heteroatoms. The molecule has 1 aromatic carbocycles. The lowest BCUT2D eigenvalue weighted by Crippen LogP contribution is -2.01. The smallest absolute Gasteiger partial charge is 0.224 e. The largest absolute Gasteiger partial charge is 0.384 e. The third-order valence-corrected chi connectivity index (χ3v) is 2.32. The fourth-order valence-corrected chi connectivity index (χ4v) is 1.45. The zero-order chi connectivity index (χ0) is 11.5. The molecule has 0 spiro atoms. The van der Waals surface area contributed by atoms with Crippen LogP contribution in [0.15, 0.2) is 30.3 Å². The van der Waals surface area contributed by atoms with E-state index < -0.39 is 0 Å². The van der Waals surface area contributed by atoms with Crippen molar-refractivity contribution >= 4 is 11.8 Å². The molecule has 82 valence electrons. The van der Waals surface area contributed by atoms with Gasteiger partial charge in [-0.25, -0.2) is 4.98 Å². The van der Waals surface area contributed by atoms with Crippen LogP contribution >= 0.6 is 0 Å². The zero-order valence-electron chi connectivity index (χ0n) is 9.36. The molecule has 0 aliphatic rings. The molecule has 3 N–H and O–H groups in total. The van der Waals surface area contributed by atoms with Gasteiger partial charge in [0, 0.05) is 18.7 Å². The second kappa shape index (κ2) is 4.18. The highest BCUT2D eigenvalue weighted by molar-refractivity contribution is 5.63. The quantitative estimate of drug-likeness (QED) is 0.803. The van der Waals surface area contributed by atoms with E-state index in [1.807, 2.05) is 24.3 Å². The van der Waals surface area contributed by atoms with Crippen molar-refractivity contribution in [2.45, 2.75) is 6.92 Å². The first-order valence-corrected chi connectivity index (χ1v) is 5.08. The van der Waals surface area contributed by atoms with Gasteiger partial charge in [-0.05, 0) is 6.92 Å². The Morgan fingerprint density at radius 2 is 1.81 bits per heavy atom. The standard InChI is InChI=1S/C12H14N4/c1-8-3-5-9(6-4-8)10-7-11(13)16-12(14-2)15-10/h3-7H,1-2H3,(H3,13,14,15,16). The number of nitrogens with one attached hydrogen (secondary N) is 1. The normalized spacial score (nSPS) is 10.1. The molecule has 2 aromatic rings. The average molecular weight is 214 g/mol. The van der Waals surface area contributed by atoms with E-state index in [1.165, 1.54) is 5.56 Å². The number of aryl methyl sites for hydroxylation is 1. The van der Waals surface area contributed by atoms with Crippen molar-refractivity contribution in [2.75, 3.05) is 18.1 Å². The predicted octanol–water partition coefficient (Wildman–Crippen LogP) is 2.08. The number of anilines is 2. The van der Waals surface area contributed by atoms with Crippen LogP contribution in [0.3, 0.4) is 0 Å². The molecule has 2 rings (SSSR count). The topological polar surface area (TPSA) is 63.8 Å². The van der Waals surface area contributed by atoms with Gasteiger partial charge in [0.25, 0.3) is 0 Å². The molecule has 0 fully saturated rings. The maximum atomic E-state index is 5.71. The lowest BCUT2D eigenvalue weighted by molar-refractivity contribution is 1.16. The van der Waals surface area contributed by atoms with Crippen molar-refractivity contribution < 1.29 is 0 Å². The van der Waals surface area contributed by atoms with Crippen LogP contribution in [0.2, 0.25) is 0 Å². The van der Waals surface area contributed by atoms with Gasteiger partial charge < -0.3 is 11.1 Å². The van der Waals surface area contributed by atoms with Crippen molar-refractivity contribution in [3.8, 4) is 11.3 Å². The number of nitrogen functional groups attached to an aromatic ring is 1. The second-order valence-electron chi connectivity index (χ2n) is 3.62. The van der Waals surface area contributed by atoms with Gasteiger partial charge >= 0.3 is 0 Å². The van der Waals surface area contributed by atoms with E-state index in [4.69, 9.17) is 5.73 Å². The fourth-order valence-electron chi connectivity index (χ4n) is 1.45. The summed E-state index contributed by atoms with van der Waals surface area (Å²) in [5, 5.41) is 2.89. The van der Waals surface area contributed by atoms with E-state index in [0.29, 0.717) is 11.8 Å². The Labute approximate surface area is 94.5 Å². The van der Waals surface area contributed by atoms with E-state index in [2.05, 4.69) is 22.2 Å². The number of benzene rings is 1. The van der Waals surface area contributed by atoms with Crippen LogP contribution in [0.1, 0.15) is 5.56 Å². The van der Waals surface area contributed by atoms with E-state index in [9.17, 15) is 0 Å². The summed E-state index contributed by atoms with van der Waals surface area (Å²) in [5.74, 6) is 1.01. The first-order valence-electron chi connectivity index (χ1n) is 5.08. The molecular formula is C12H14N4. The number of aromatic nitrogens is 2. The summed E-state index contributed by atoms with van der Waals surface area (Å²) < 4.78 is 0. The molecule has 0 bridgehead atoms. The first kappa shape index (κ1) is 10.4. The van der Waals surface area contributed by atoms with Crippen molar-refractivity contribution in [1.82, 2.24) is 9.97 Å². The van der Waals surface area contributed by atoms with Crippen molar-refractivity contribution in [3.05, 3.63) is 35.9 Å². The number of nitrogens with two attached hydrogens (primary N) is 1. The minimum Gasteiger partial charge on any atom is -0.384 e. The number of hydrogen-bond donors (Lipinski definition) is 2. The molecule has 1 aromatic heterocycles. The first-order chi connectivity index (χ1) is 7.69. The predicted molar refractivity (Wildman–Crippen MR) is 66.2 cm³/mol. The van der Waals surface area contributed by atoms with Gasteiger partial charge in [-0.3, -0.25) is 0 Å². The lowest BCUT2D eigenvalue weighted by Gasteiger charge is -2.05. The Balaban J connectivity index is 2.47. The number of nitrogens with zero attached hydrogens (tertiary/aromatic N) is 2. The molecule has 0 aliphatic heterocycles. The van der Waals surface area contributed by atoms with Crippen LogP contribution in [0, 0.1) is 6.92 Å². The Morgan fingerprint density at radius 1 is 1.12 bits per heavy atom. The van der Waals surface area contributed by atoms with Crippen LogP contribution in [0.4, 0.5) is 11.8 Å². The van der Waals surface area contributed by atoms with E-state index in [-0.39, 0.29) is 0 Å². The van der Waals surface area contributed by atoms with Gasteiger partial charge in [-0.15, -0.1) is 0 Å². The SMILES string of the molecule is CNc1nc(N)cc(-c2ccc(C)cc2)n1.